The topological polar surface area (TPSA) is 110 Å². The first-order valence-corrected chi connectivity index (χ1v) is 11.4. The molecule has 0 aliphatic rings. The van der Waals surface area contributed by atoms with Gasteiger partial charge in [0.05, 0.1) is 0 Å². The molecule has 0 spiro atoms. The van der Waals surface area contributed by atoms with Crippen LogP contribution < -0.4 is 31.0 Å². The molecule has 4 rings (SSSR count). The van der Waals surface area contributed by atoms with E-state index in [1.165, 1.54) is 0 Å². The van der Waals surface area contributed by atoms with Crippen LogP contribution >= 0.6 is 23.2 Å². The molecule has 0 bridgehead atoms. The Morgan fingerprint density at radius 2 is 1.03 bits per heavy atom. The SMILES string of the molecule is N=c1o[n-][n+](CCc2ccc(Cl)cc2)c1CCCc1c(=N)o[n-][n+]1CCc1ccc(Cl)cc1. The van der Waals surface area contributed by atoms with Crippen LogP contribution in [0.2, 0.25) is 10.0 Å². The zero-order valence-electron chi connectivity index (χ0n) is 17.9. The van der Waals surface area contributed by atoms with Gasteiger partial charge in [-0.15, -0.1) is 0 Å². The van der Waals surface area contributed by atoms with Gasteiger partial charge in [-0.3, -0.25) is 21.4 Å². The van der Waals surface area contributed by atoms with Crippen LogP contribution in [0.1, 0.15) is 28.9 Å². The molecule has 2 aromatic heterocycles. The van der Waals surface area contributed by atoms with Crippen LogP contribution in [-0.2, 0) is 38.8 Å². The summed E-state index contributed by atoms with van der Waals surface area (Å²) in [6.45, 7) is 1.22. The maximum Gasteiger partial charge on any atom is 0.268 e. The van der Waals surface area contributed by atoms with Crippen molar-refractivity contribution in [2.45, 2.75) is 45.2 Å². The van der Waals surface area contributed by atoms with Gasteiger partial charge in [-0.2, -0.15) is 0 Å². The van der Waals surface area contributed by atoms with Crippen molar-refractivity contribution in [1.82, 2.24) is 10.5 Å². The number of halogens is 2. The summed E-state index contributed by atoms with van der Waals surface area (Å²) in [4.78, 5) is 0. The fraction of sp³-hybridized carbons (Fsp3) is 0.304. The number of rotatable bonds is 10. The first-order chi connectivity index (χ1) is 16.0. The van der Waals surface area contributed by atoms with Crippen molar-refractivity contribution in [3.8, 4) is 0 Å². The summed E-state index contributed by atoms with van der Waals surface area (Å²) in [6.07, 6.45) is 3.43. The minimum Gasteiger partial charge on any atom is -0.487 e. The lowest BCUT2D eigenvalue weighted by atomic mass is 10.1. The Morgan fingerprint density at radius 3 is 1.42 bits per heavy atom. The number of hydrogen-bond donors (Lipinski definition) is 2. The average Bonchev–Trinajstić information content (AvgIpc) is 3.35. The zero-order chi connectivity index (χ0) is 23.2. The first kappa shape index (κ1) is 23.1. The smallest absolute Gasteiger partial charge is 0.268 e. The molecule has 0 aliphatic carbocycles. The molecule has 172 valence electrons. The molecule has 2 aromatic carbocycles. The van der Waals surface area contributed by atoms with Crippen molar-refractivity contribution < 1.29 is 18.4 Å². The van der Waals surface area contributed by atoms with E-state index < -0.39 is 0 Å². The molecule has 0 radical (unpaired) electrons. The molecular formula is C23H24Cl2N6O2. The quantitative estimate of drug-likeness (QED) is 0.335. The number of nitrogens with zero attached hydrogens (tertiary/aromatic N) is 4. The van der Waals surface area contributed by atoms with E-state index in [2.05, 4.69) is 10.5 Å². The highest BCUT2D eigenvalue weighted by molar-refractivity contribution is 6.30. The second-order valence-corrected chi connectivity index (χ2v) is 8.62. The van der Waals surface area contributed by atoms with E-state index in [4.69, 9.17) is 43.1 Å². The minimum absolute atomic E-state index is 0.0677. The fourth-order valence-corrected chi connectivity index (χ4v) is 3.90. The maximum atomic E-state index is 8.07. The third-order valence-corrected chi connectivity index (χ3v) is 5.99. The third kappa shape index (κ3) is 6.03. The summed E-state index contributed by atoms with van der Waals surface area (Å²) < 4.78 is 13.7. The first-order valence-electron chi connectivity index (χ1n) is 10.7. The zero-order valence-corrected chi connectivity index (χ0v) is 19.4. The van der Waals surface area contributed by atoms with E-state index in [-0.39, 0.29) is 11.1 Å². The summed E-state index contributed by atoms with van der Waals surface area (Å²) in [7, 11) is 0. The number of benzene rings is 2. The lowest BCUT2D eigenvalue weighted by Gasteiger charge is -2.04. The largest absolute Gasteiger partial charge is 0.487 e. The molecule has 0 atom stereocenters. The number of hydrogen-bond acceptors (Lipinski definition) is 4. The molecule has 33 heavy (non-hydrogen) atoms. The summed E-state index contributed by atoms with van der Waals surface area (Å²) in [5.41, 5.74) is 3.88. The van der Waals surface area contributed by atoms with E-state index in [0.29, 0.717) is 42.4 Å². The van der Waals surface area contributed by atoms with E-state index in [9.17, 15) is 0 Å². The van der Waals surface area contributed by atoms with Crippen LogP contribution in [-0.4, -0.2) is 0 Å². The van der Waals surface area contributed by atoms with Gasteiger partial charge >= 0.3 is 0 Å². The van der Waals surface area contributed by atoms with Crippen LogP contribution in [0.15, 0.2) is 57.6 Å². The Bertz CT molecular complexity index is 1200. The molecule has 0 saturated carbocycles. The Kier molecular flexibility index (Phi) is 7.47. The molecule has 0 unspecified atom stereocenters. The summed E-state index contributed by atoms with van der Waals surface area (Å²) in [5, 5.41) is 25.6. The average molecular weight is 487 g/mol. The van der Waals surface area contributed by atoms with E-state index >= 15 is 0 Å². The van der Waals surface area contributed by atoms with Gasteiger partial charge in [-0.25, -0.2) is 9.36 Å². The molecule has 10 heteroatoms. The predicted octanol–water partition coefficient (Wildman–Crippen LogP) is 2.29. The maximum absolute atomic E-state index is 8.07. The Morgan fingerprint density at radius 1 is 0.636 bits per heavy atom. The molecule has 2 N–H and O–H groups in total. The monoisotopic (exact) mass is 486 g/mol. The molecule has 0 aliphatic heterocycles. The van der Waals surface area contributed by atoms with Gasteiger partial charge in [-0.1, -0.05) is 47.5 Å². The molecule has 0 fully saturated rings. The molecule has 0 amide bonds. The number of nitrogens with one attached hydrogen (secondary N) is 2. The van der Waals surface area contributed by atoms with E-state index in [1.54, 1.807) is 9.36 Å². The van der Waals surface area contributed by atoms with E-state index in [0.717, 1.165) is 35.4 Å². The van der Waals surface area contributed by atoms with Crippen LogP contribution in [0.5, 0.6) is 0 Å². The highest BCUT2D eigenvalue weighted by atomic mass is 35.5. The van der Waals surface area contributed by atoms with Crippen LogP contribution in [0.25, 0.3) is 0 Å². The molecule has 8 nitrogen and oxygen atoms in total. The van der Waals surface area contributed by atoms with Gasteiger partial charge in [0.25, 0.3) is 11.1 Å². The van der Waals surface area contributed by atoms with Crippen LogP contribution in [0, 0.1) is 10.8 Å². The van der Waals surface area contributed by atoms with Crippen molar-refractivity contribution in [3.63, 3.8) is 0 Å². The van der Waals surface area contributed by atoms with Gasteiger partial charge in [0.1, 0.15) is 13.1 Å². The van der Waals surface area contributed by atoms with Crippen LogP contribution in [0.4, 0.5) is 0 Å². The predicted molar refractivity (Wildman–Crippen MR) is 118 cm³/mol. The van der Waals surface area contributed by atoms with E-state index in [1.807, 2.05) is 48.5 Å². The lowest BCUT2D eigenvalue weighted by molar-refractivity contribution is -0.774. The fourth-order valence-electron chi connectivity index (χ4n) is 3.65. The highest BCUT2D eigenvalue weighted by Gasteiger charge is 2.16. The third-order valence-electron chi connectivity index (χ3n) is 5.49. The minimum atomic E-state index is 0.0677. The summed E-state index contributed by atoms with van der Waals surface area (Å²) in [6, 6.07) is 15.4. The van der Waals surface area contributed by atoms with Gasteiger partial charge in [0, 0.05) is 35.7 Å². The standard InChI is InChI=1S/C23H24Cl2N6O2/c24-18-8-4-16(5-9-18)12-14-30-20(22(26)32-28-30)2-1-3-21-23(27)33-29-31(21)15-13-17-6-10-19(25)11-7-17/h4-11,26-27H,1-3,12-15H2. The van der Waals surface area contributed by atoms with Gasteiger partial charge in [0.2, 0.25) is 11.4 Å². The highest BCUT2D eigenvalue weighted by Crippen LogP contribution is 2.11. The lowest BCUT2D eigenvalue weighted by Crippen LogP contribution is -2.44. The number of aromatic nitrogens is 4. The molecular weight excluding hydrogens is 463 g/mol. The van der Waals surface area contributed by atoms with Crippen molar-refractivity contribution in [2.75, 3.05) is 0 Å². The molecule has 4 aromatic rings. The van der Waals surface area contributed by atoms with Gasteiger partial charge in [0.15, 0.2) is 0 Å². The van der Waals surface area contributed by atoms with Crippen molar-refractivity contribution in [3.05, 3.63) is 92.2 Å². The normalized spacial score (nSPS) is 11.2. The second-order valence-electron chi connectivity index (χ2n) is 7.75. The Hall–Kier alpha value is -3.10. The molecule has 0 saturated heterocycles. The summed E-state index contributed by atoms with van der Waals surface area (Å²) >= 11 is 11.9. The summed E-state index contributed by atoms with van der Waals surface area (Å²) in [5.74, 6) is 0. The van der Waals surface area contributed by atoms with Gasteiger partial charge in [-0.05, 0) is 41.8 Å². The second kappa shape index (κ2) is 10.7. The Labute approximate surface area is 200 Å². The Balaban J connectivity index is 1.35. The van der Waals surface area contributed by atoms with Crippen molar-refractivity contribution >= 4 is 23.2 Å². The van der Waals surface area contributed by atoms with Gasteiger partial charge < -0.3 is 9.05 Å². The number of aryl methyl sites for hydroxylation is 4. The van der Waals surface area contributed by atoms with Crippen molar-refractivity contribution in [1.29, 1.82) is 10.8 Å². The van der Waals surface area contributed by atoms with Crippen LogP contribution in [0.3, 0.4) is 0 Å². The molecule has 2 heterocycles. The van der Waals surface area contributed by atoms with Crippen molar-refractivity contribution in [2.24, 2.45) is 0 Å².